The first-order chi connectivity index (χ1) is 9.33. The van der Waals surface area contributed by atoms with Crippen LogP contribution in [0.4, 0.5) is 0 Å². The first kappa shape index (κ1) is 14.1. The molecule has 5 heteroatoms. The fraction of sp³-hybridized carbons (Fsp3) is 0.429. The predicted molar refractivity (Wildman–Crippen MR) is 79.1 cm³/mol. The number of benzene rings is 1. The van der Waals surface area contributed by atoms with E-state index in [0.717, 1.165) is 31.1 Å². The molecule has 0 unspecified atom stereocenters. The number of rotatable bonds is 7. The molecule has 102 valence electrons. The van der Waals surface area contributed by atoms with Crippen molar-refractivity contribution in [2.45, 2.75) is 37.1 Å². The molecule has 0 bridgehead atoms. The smallest absolute Gasteiger partial charge is 0.138 e. The second-order valence-electron chi connectivity index (χ2n) is 4.37. The van der Waals surface area contributed by atoms with Crippen LogP contribution in [-0.4, -0.2) is 21.8 Å². The lowest BCUT2D eigenvalue weighted by Crippen LogP contribution is -2.05. The summed E-state index contributed by atoms with van der Waals surface area (Å²) < 4.78 is 1.99. The molecule has 0 radical (unpaired) electrons. The molecule has 0 fully saturated rings. The molecule has 2 aromatic rings. The monoisotopic (exact) mass is 276 g/mol. The van der Waals surface area contributed by atoms with E-state index >= 15 is 0 Å². The van der Waals surface area contributed by atoms with Crippen molar-refractivity contribution < 1.29 is 0 Å². The molecule has 2 rings (SSSR count). The predicted octanol–water partition coefficient (Wildman–Crippen LogP) is 2.70. The van der Waals surface area contributed by atoms with Gasteiger partial charge in [-0.2, -0.15) is 5.10 Å². The van der Waals surface area contributed by atoms with Crippen molar-refractivity contribution in [3.8, 4) is 0 Å². The van der Waals surface area contributed by atoms with E-state index < -0.39 is 0 Å². The Kier molecular flexibility index (Phi) is 5.42. The Morgan fingerprint density at radius 3 is 3.05 bits per heavy atom. The van der Waals surface area contributed by atoms with Crippen LogP contribution in [0.3, 0.4) is 0 Å². The summed E-state index contributed by atoms with van der Waals surface area (Å²) in [5.74, 6) is 1.91. The third kappa shape index (κ3) is 4.08. The van der Waals surface area contributed by atoms with E-state index in [2.05, 4.69) is 46.6 Å². The highest BCUT2D eigenvalue weighted by Crippen LogP contribution is 2.22. The first-order valence-corrected chi connectivity index (χ1v) is 7.55. The average molecular weight is 276 g/mol. The number of aryl methyl sites for hydroxylation is 1. The number of hydrogen-bond donors (Lipinski definition) is 1. The minimum absolute atomic E-state index is 0.864. The Hall–Kier alpha value is -1.33. The molecule has 0 saturated carbocycles. The maximum Gasteiger partial charge on any atom is 0.138 e. The Morgan fingerprint density at radius 1 is 1.37 bits per heavy atom. The topological polar surface area (TPSA) is 42.7 Å². The normalized spacial score (nSPS) is 10.8. The van der Waals surface area contributed by atoms with Gasteiger partial charge in [-0.3, -0.25) is 0 Å². The number of hydrogen-bond acceptors (Lipinski definition) is 4. The molecule has 4 nitrogen and oxygen atoms in total. The van der Waals surface area contributed by atoms with Gasteiger partial charge in [0.1, 0.15) is 12.2 Å². The van der Waals surface area contributed by atoms with Gasteiger partial charge in [-0.1, -0.05) is 19.1 Å². The van der Waals surface area contributed by atoms with Gasteiger partial charge in [0.15, 0.2) is 0 Å². The molecule has 0 spiro atoms. The highest BCUT2D eigenvalue weighted by molar-refractivity contribution is 7.98. The van der Waals surface area contributed by atoms with Crippen LogP contribution in [0.15, 0.2) is 35.5 Å². The van der Waals surface area contributed by atoms with Crippen LogP contribution in [0, 0.1) is 0 Å². The van der Waals surface area contributed by atoms with Gasteiger partial charge in [0.2, 0.25) is 0 Å². The molecule has 0 aliphatic carbocycles. The number of nitrogens with one attached hydrogen (secondary N) is 1. The van der Waals surface area contributed by atoms with Gasteiger partial charge in [0.25, 0.3) is 0 Å². The second kappa shape index (κ2) is 7.31. The number of aromatic nitrogens is 3. The van der Waals surface area contributed by atoms with Gasteiger partial charge in [-0.05, 0) is 31.2 Å². The largest absolute Gasteiger partial charge is 0.316 e. The number of thioether (sulfide) groups is 1. The molecule has 1 N–H and O–H groups in total. The summed E-state index contributed by atoms with van der Waals surface area (Å²) >= 11 is 1.81. The van der Waals surface area contributed by atoms with Crippen LogP contribution in [-0.2, 0) is 18.8 Å². The summed E-state index contributed by atoms with van der Waals surface area (Å²) in [6.07, 6.45) is 2.72. The minimum atomic E-state index is 0.864. The standard InChI is InChI=1S/C14H20N4S/c1-3-7-18-14(16-11-17-18)10-19-13-6-4-5-12(8-13)9-15-2/h4-6,8,11,15H,3,7,9-10H2,1-2H3. The lowest BCUT2D eigenvalue weighted by molar-refractivity contribution is 0.581. The van der Waals surface area contributed by atoms with Crippen LogP contribution >= 0.6 is 11.8 Å². The molecule has 0 aliphatic rings. The van der Waals surface area contributed by atoms with Gasteiger partial charge in [-0.15, -0.1) is 11.8 Å². The van der Waals surface area contributed by atoms with Crippen molar-refractivity contribution >= 4 is 11.8 Å². The zero-order chi connectivity index (χ0) is 13.5. The third-order valence-electron chi connectivity index (χ3n) is 2.78. The van der Waals surface area contributed by atoms with E-state index in [1.54, 1.807) is 6.33 Å². The fourth-order valence-electron chi connectivity index (χ4n) is 1.90. The second-order valence-corrected chi connectivity index (χ2v) is 5.41. The van der Waals surface area contributed by atoms with Gasteiger partial charge in [0.05, 0.1) is 5.75 Å². The first-order valence-electron chi connectivity index (χ1n) is 6.56. The van der Waals surface area contributed by atoms with Gasteiger partial charge in [-0.25, -0.2) is 9.67 Å². The van der Waals surface area contributed by atoms with Crippen LogP contribution in [0.25, 0.3) is 0 Å². The SMILES string of the molecule is CCCn1ncnc1CSc1cccc(CNC)c1. The van der Waals surface area contributed by atoms with Gasteiger partial charge < -0.3 is 5.32 Å². The van der Waals surface area contributed by atoms with E-state index in [1.165, 1.54) is 10.5 Å². The lowest BCUT2D eigenvalue weighted by atomic mass is 10.2. The van der Waals surface area contributed by atoms with Crippen molar-refractivity contribution in [2.75, 3.05) is 7.05 Å². The van der Waals surface area contributed by atoms with Crippen LogP contribution in [0.5, 0.6) is 0 Å². The highest BCUT2D eigenvalue weighted by atomic mass is 32.2. The molecule has 0 amide bonds. The lowest BCUT2D eigenvalue weighted by Gasteiger charge is -2.06. The molecule has 1 aromatic carbocycles. The van der Waals surface area contributed by atoms with Gasteiger partial charge >= 0.3 is 0 Å². The van der Waals surface area contributed by atoms with Crippen molar-refractivity contribution in [1.82, 2.24) is 20.1 Å². The van der Waals surface area contributed by atoms with Crippen molar-refractivity contribution in [3.63, 3.8) is 0 Å². The Bertz CT molecular complexity index is 510. The molecule has 19 heavy (non-hydrogen) atoms. The van der Waals surface area contributed by atoms with E-state index in [0.29, 0.717) is 0 Å². The zero-order valence-electron chi connectivity index (χ0n) is 11.5. The maximum absolute atomic E-state index is 4.33. The molecule has 0 atom stereocenters. The fourth-order valence-corrected chi connectivity index (χ4v) is 2.82. The zero-order valence-corrected chi connectivity index (χ0v) is 12.3. The molecule has 1 aromatic heterocycles. The maximum atomic E-state index is 4.33. The Morgan fingerprint density at radius 2 is 2.26 bits per heavy atom. The Labute approximate surface area is 118 Å². The van der Waals surface area contributed by atoms with E-state index in [-0.39, 0.29) is 0 Å². The van der Waals surface area contributed by atoms with Crippen LogP contribution in [0.1, 0.15) is 24.7 Å². The summed E-state index contributed by atoms with van der Waals surface area (Å²) in [5, 5.41) is 7.42. The summed E-state index contributed by atoms with van der Waals surface area (Å²) in [7, 11) is 1.97. The molecule has 0 saturated heterocycles. The van der Waals surface area contributed by atoms with Crippen molar-refractivity contribution in [1.29, 1.82) is 0 Å². The molecular formula is C14H20N4S. The van der Waals surface area contributed by atoms with Crippen LogP contribution < -0.4 is 5.32 Å². The van der Waals surface area contributed by atoms with Crippen molar-refractivity contribution in [2.24, 2.45) is 0 Å². The summed E-state index contributed by atoms with van der Waals surface area (Å²) in [6, 6.07) is 8.61. The summed E-state index contributed by atoms with van der Waals surface area (Å²) in [5.41, 5.74) is 1.31. The number of nitrogens with zero attached hydrogens (tertiary/aromatic N) is 3. The average Bonchev–Trinajstić information content (AvgIpc) is 2.85. The Balaban J connectivity index is 1.97. The highest BCUT2D eigenvalue weighted by Gasteiger charge is 2.04. The minimum Gasteiger partial charge on any atom is -0.316 e. The molecular weight excluding hydrogens is 256 g/mol. The van der Waals surface area contributed by atoms with E-state index in [4.69, 9.17) is 0 Å². The molecule has 0 aliphatic heterocycles. The van der Waals surface area contributed by atoms with E-state index in [1.807, 2.05) is 23.5 Å². The third-order valence-corrected chi connectivity index (χ3v) is 3.77. The van der Waals surface area contributed by atoms with E-state index in [9.17, 15) is 0 Å². The molecule has 1 heterocycles. The summed E-state index contributed by atoms with van der Waals surface area (Å²) in [6.45, 7) is 4.00. The summed E-state index contributed by atoms with van der Waals surface area (Å²) in [4.78, 5) is 5.60. The van der Waals surface area contributed by atoms with Crippen molar-refractivity contribution in [3.05, 3.63) is 42.0 Å². The van der Waals surface area contributed by atoms with Crippen LogP contribution in [0.2, 0.25) is 0 Å². The quantitative estimate of drug-likeness (QED) is 0.790. The van der Waals surface area contributed by atoms with Gasteiger partial charge in [0, 0.05) is 18.0 Å².